The van der Waals surface area contributed by atoms with E-state index in [1.165, 1.54) is 0 Å². The van der Waals surface area contributed by atoms with Crippen LogP contribution >= 0.6 is 11.6 Å². The Kier molecular flexibility index (Phi) is 3.43. The van der Waals surface area contributed by atoms with Gasteiger partial charge in [0.25, 0.3) is 0 Å². The molecule has 1 heterocycles. The molecule has 0 fully saturated rings. The number of halogens is 1. The number of rotatable bonds is 2. The predicted octanol–water partition coefficient (Wildman–Crippen LogP) is 4.02. The highest BCUT2D eigenvalue weighted by Gasteiger charge is 2.27. The highest BCUT2D eigenvalue weighted by Crippen LogP contribution is 2.33. The average Bonchev–Trinajstić information content (AvgIpc) is 2.76. The van der Waals surface area contributed by atoms with Gasteiger partial charge in [0.1, 0.15) is 5.75 Å². The molecule has 0 aliphatic carbocycles. The van der Waals surface area contributed by atoms with E-state index in [9.17, 15) is 4.79 Å². The number of nitrogens with zero attached hydrogens (tertiary/aromatic N) is 1. The van der Waals surface area contributed by atoms with Gasteiger partial charge in [0.2, 0.25) is 5.78 Å². The van der Waals surface area contributed by atoms with Crippen LogP contribution in [0.15, 0.2) is 48.2 Å². The molecule has 2 aromatic carbocycles. The van der Waals surface area contributed by atoms with Crippen molar-refractivity contribution in [3.63, 3.8) is 0 Å². The van der Waals surface area contributed by atoms with Gasteiger partial charge in [0, 0.05) is 24.8 Å². The number of ether oxygens (including phenoxy) is 1. The van der Waals surface area contributed by atoms with E-state index in [1.807, 2.05) is 43.3 Å². The molecule has 106 valence electrons. The Hall–Kier alpha value is -2.26. The Morgan fingerprint density at radius 1 is 1.10 bits per heavy atom. The first kappa shape index (κ1) is 13.7. The molecule has 0 atom stereocenters. The summed E-state index contributed by atoms with van der Waals surface area (Å²) in [6.07, 6.45) is 1.75. The summed E-state index contributed by atoms with van der Waals surface area (Å²) in [5.74, 6) is 0.745. The molecule has 0 bridgehead atoms. The normalized spacial score (nSPS) is 15.0. The third-order valence-electron chi connectivity index (χ3n) is 3.34. The van der Waals surface area contributed by atoms with E-state index in [1.54, 1.807) is 24.3 Å². The topological polar surface area (TPSA) is 29.5 Å². The summed E-state index contributed by atoms with van der Waals surface area (Å²) in [4.78, 5) is 14.3. The largest absolute Gasteiger partial charge is 0.452 e. The zero-order chi connectivity index (χ0) is 15.0. The molecule has 0 amide bonds. The fourth-order valence-corrected chi connectivity index (χ4v) is 2.35. The fourth-order valence-electron chi connectivity index (χ4n) is 2.18. The van der Waals surface area contributed by atoms with Gasteiger partial charge in [-0.25, -0.2) is 0 Å². The summed E-state index contributed by atoms with van der Waals surface area (Å²) < 4.78 is 5.60. The molecule has 1 aliphatic heterocycles. The first-order chi connectivity index (χ1) is 10.0. The molecule has 3 rings (SSSR count). The molecule has 4 heteroatoms. The van der Waals surface area contributed by atoms with E-state index in [0.717, 1.165) is 11.3 Å². The van der Waals surface area contributed by atoms with E-state index in [-0.39, 0.29) is 5.78 Å². The van der Waals surface area contributed by atoms with E-state index in [4.69, 9.17) is 16.3 Å². The second kappa shape index (κ2) is 5.26. The first-order valence-electron chi connectivity index (χ1n) is 6.56. The molecule has 0 spiro atoms. The monoisotopic (exact) mass is 299 g/mol. The smallest absolute Gasteiger partial charge is 0.232 e. The van der Waals surface area contributed by atoms with Crippen LogP contribution in [0.3, 0.4) is 0 Å². The van der Waals surface area contributed by atoms with Crippen molar-refractivity contribution < 1.29 is 9.53 Å². The maximum atomic E-state index is 12.3. The standard InChI is InChI=1S/C17H14ClNO2/c1-19(2)13-6-3-11(4-7-13)9-16-17(20)14-10-12(18)5-8-15(14)21-16/h3-10H,1-2H3/b16-9+. The summed E-state index contributed by atoms with van der Waals surface area (Å²) >= 11 is 5.91. The zero-order valence-electron chi connectivity index (χ0n) is 11.8. The molecular weight excluding hydrogens is 286 g/mol. The van der Waals surface area contributed by atoms with Crippen LogP contribution in [-0.2, 0) is 0 Å². The van der Waals surface area contributed by atoms with Gasteiger partial charge >= 0.3 is 0 Å². The Labute approximate surface area is 128 Å². The highest BCUT2D eigenvalue weighted by atomic mass is 35.5. The van der Waals surface area contributed by atoms with E-state index in [0.29, 0.717) is 22.1 Å². The van der Waals surface area contributed by atoms with Crippen LogP contribution in [-0.4, -0.2) is 19.9 Å². The minimum atomic E-state index is -0.135. The molecular formula is C17H14ClNO2. The second-order valence-corrected chi connectivity index (χ2v) is 5.50. The summed E-state index contributed by atoms with van der Waals surface area (Å²) in [5, 5.41) is 0.530. The molecule has 0 saturated heterocycles. The van der Waals surface area contributed by atoms with Gasteiger partial charge in [0.05, 0.1) is 5.56 Å². The van der Waals surface area contributed by atoms with Crippen molar-refractivity contribution in [1.29, 1.82) is 0 Å². The Balaban J connectivity index is 1.90. The van der Waals surface area contributed by atoms with Crippen molar-refractivity contribution in [2.24, 2.45) is 0 Å². The van der Waals surface area contributed by atoms with Crippen LogP contribution in [0.2, 0.25) is 5.02 Å². The van der Waals surface area contributed by atoms with E-state index >= 15 is 0 Å². The minimum Gasteiger partial charge on any atom is -0.452 e. The van der Waals surface area contributed by atoms with Crippen molar-refractivity contribution in [2.75, 3.05) is 19.0 Å². The lowest BCUT2D eigenvalue weighted by Gasteiger charge is -2.11. The summed E-state index contributed by atoms with van der Waals surface area (Å²) in [6.45, 7) is 0. The Bertz CT molecular complexity index is 733. The minimum absolute atomic E-state index is 0.135. The molecule has 1 aliphatic rings. The van der Waals surface area contributed by atoms with Crippen molar-refractivity contribution in [3.8, 4) is 5.75 Å². The predicted molar refractivity (Wildman–Crippen MR) is 85.2 cm³/mol. The van der Waals surface area contributed by atoms with Gasteiger partial charge in [-0.15, -0.1) is 0 Å². The number of anilines is 1. The Morgan fingerprint density at radius 3 is 2.48 bits per heavy atom. The summed E-state index contributed by atoms with van der Waals surface area (Å²) in [5.41, 5.74) is 2.53. The van der Waals surface area contributed by atoms with Crippen LogP contribution in [0, 0.1) is 0 Å². The van der Waals surface area contributed by atoms with Crippen molar-refractivity contribution in [1.82, 2.24) is 0 Å². The number of hydrogen-bond acceptors (Lipinski definition) is 3. The summed E-state index contributed by atoms with van der Waals surface area (Å²) in [7, 11) is 3.97. The molecule has 0 N–H and O–H groups in total. The van der Waals surface area contributed by atoms with E-state index in [2.05, 4.69) is 0 Å². The number of carbonyl (C=O) groups excluding carboxylic acids is 1. The quantitative estimate of drug-likeness (QED) is 0.784. The van der Waals surface area contributed by atoms with Crippen LogP contribution in [0.25, 0.3) is 6.08 Å². The van der Waals surface area contributed by atoms with Crippen LogP contribution in [0.4, 0.5) is 5.69 Å². The van der Waals surface area contributed by atoms with Gasteiger partial charge in [-0.1, -0.05) is 23.7 Å². The lowest BCUT2D eigenvalue weighted by molar-refractivity contribution is 0.101. The number of fused-ring (bicyclic) bond motifs is 1. The van der Waals surface area contributed by atoms with Gasteiger partial charge in [-0.3, -0.25) is 4.79 Å². The molecule has 3 nitrogen and oxygen atoms in total. The number of carbonyl (C=O) groups is 1. The van der Waals surface area contributed by atoms with Gasteiger partial charge in [-0.05, 0) is 42.0 Å². The molecule has 0 radical (unpaired) electrons. The summed E-state index contributed by atoms with van der Waals surface area (Å²) in [6, 6.07) is 13.0. The zero-order valence-corrected chi connectivity index (χ0v) is 12.5. The van der Waals surface area contributed by atoms with Crippen molar-refractivity contribution in [2.45, 2.75) is 0 Å². The maximum Gasteiger partial charge on any atom is 0.232 e. The molecule has 0 unspecified atom stereocenters. The van der Waals surface area contributed by atoms with Crippen LogP contribution < -0.4 is 9.64 Å². The highest BCUT2D eigenvalue weighted by molar-refractivity contribution is 6.31. The van der Waals surface area contributed by atoms with Gasteiger partial charge in [-0.2, -0.15) is 0 Å². The van der Waals surface area contributed by atoms with Crippen LogP contribution in [0.5, 0.6) is 5.75 Å². The third kappa shape index (κ3) is 2.65. The lowest BCUT2D eigenvalue weighted by atomic mass is 10.1. The third-order valence-corrected chi connectivity index (χ3v) is 3.57. The molecule has 0 saturated carbocycles. The average molecular weight is 300 g/mol. The maximum absolute atomic E-state index is 12.3. The second-order valence-electron chi connectivity index (χ2n) is 5.07. The fraction of sp³-hybridized carbons (Fsp3) is 0.118. The van der Waals surface area contributed by atoms with Crippen molar-refractivity contribution in [3.05, 3.63) is 64.4 Å². The SMILES string of the molecule is CN(C)c1ccc(/C=C2/Oc3ccc(Cl)cc3C2=O)cc1. The number of Topliss-reactive ketones (excluding diaryl/α,β-unsaturated/α-hetero) is 1. The number of benzene rings is 2. The first-order valence-corrected chi connectivity index (χ1v) is 6.93. The lowest BCUT2D eigenvalue weighted by Crippen LogP contribution is -2.08. The van der Waals surface area contributed by atoms with Gasteiger partial charge in [0.15, 0.2) is 5.76 Å². The molecule has 2 aromatic rings. The van der Waals surface area contributed by atoms with Gasteiger partial charge < -0.3 is 9.64 Å². The number of ketones is 1. The number of allylic oxidation sites excluding steroid dienone is 1. The number of hydrogen-bond donors (Lipinski definition) is 0. The van der Waals surface area contributed by atoms with E-state index < -0.39 is 0 Å². The Morgan fingerprint density at radius 2 is 1.81 bits per heavy atom. The van der Waals surface area contributed by atoms with Crippen molar-refractivity contribution >= 4 is 29.1 Å². The molecule has 21 heavy (non-hydrogen) atoms. The molecule has 0 aromatic heterocycles. The van der Waals surface area contributed by atoms with Crippen LogP contribution in [0.1, 0.15) is 15.9 Å².